The van der Waals surface area contributed by atoms with Crippen molar-refractivity contribution < 1.29 is 14.3 Å². The summed E-state index contributed by atoms with van der Waals surface area (Å²) in [5, 5.41) is 0. The number of aryl methyl sites for hydroxylation is 1. The van der Waals surface area contributed by atoms with Crippen molar-refractivity contribution in [2.75, 3.05) is 25.7 Å². The standard InChI is InChI=1S/C12H15NO3/c1-8-4-5-11(15-2)9(6-8)13-7-10(13)12(14)16-3/h4-6,10H,7H2,1-3H3. The molecule has 0 bridgehead atoms. The zero-order valence-corrected chi connectivity index (χ0v) is 9.69. The van der Waals surface area contributed by atoms with Gasteiger partial charge in [0.05, 0.1) is 26.5 Å². The van der Waals surface area contributed by atoms with E-state index in [-0.39, 0.29) is 12.0 Å². The normalized spacial score (nSPS) is 18.2. The van der Waals surface area contributed by atoms with Crippen LogP contribution in [0.25, 0.3) is 0 Å². The molecule has 1 aliphatic rings. The van der Waals surface area contributed by atoms with Crippen LogP contribution >= 0.6 is 0 Å². The highest BCUT2D eigenvalue weighted by atomic mass is 16.5. The van der Waals surface area contributed by atoms with Crippen LogP contribution in [0.5, 0.6) is 5.75 Å². The highest BCUT2D eigenvalue weighted by Gasteiger charge is 2.42. The van der Waals surface area contributed by atoms with Crippen molar-refractivity contribution >= 4 is 11.7 Å². The lowest BCUT2D eigenvalue weighted by Crippen LogP contribution is -2.14. The maximum Gasteiger partial charge on any atom is 0.330 e. The molecule has 0 N–H and O–H groups in total. The van der Waals surface area contributed by atoms with Crippen LogP contribution in [0.4, 0.5) is 5.69 Å². The largest absolute Gasteiger partial charge is 0.495 e. The molecule has 1 heterocycles. The number of benzene rings is 1. The van der Waals surface area contributed by atoms with E-state index < -0.39 is 0 Å². The van der Waals surface area contributed by atoms with Gasteiger partial charge in [-0.05, 0) is 24.6 Å². The van der Waals surface area contributed by atoms with Gasteiger partial charge < -0.3 is 14.4 Å². The maximum atomic E-state index is 11.3. The van der Waals surface area contributed by atoms with Gasteiger partial charge in [0.1, 0.15) is 11.8 Å². The first-order valence-corrected chi connectivity index (χ1v) is 5.16. The molecule has 0 aliphatic carbocycles. The number of hydrogen-bond acceptors (Lipinski definition) is 4. The number of carbonyl (C=O) groups is 1. The van der Waals surface area contributed by atoms with Crippen LogP contribution < -0.4 is 9.64 Å². The molecule has 2 rings (SSSR count). The topological polar surface area (TPSA) is 38.5 Å². The zero-order valence-electron chi connectivity index (χ0n) is 9.69. The molecule has 86 valence electrons. The Morgan fingerprint density at radius 1 is 1.44 bits per heavy atom. The minimum atomic E-state index is -0.191. The highest BCUT2D eigenvalue weighted by Crippen LogP contribution is 2.36. The number of esters is 1. The predicted molar refractivity (Wildman–Crippen MR) is 60.9 cm³/mol. The van der Waals surface area contributed by atoms with Gasteiger partial charge >= 0.3 is 5.97 Å². The summed E-state index contributed by atoms with van der Waals surface area (Å²) in [6.45, 7) is 2.71. The molecule has 1 atom stereocenters. The van der Waals surface area contributed by atoms with Gasteiger partial charge in [0.25, 0.3) is 0 Å². The minimum Gasteiger partial charge on any atom is -0.495 e. The average molecular weight is 221 g/mol. The lowest BCUT2D eigenvalue weighted by Gasteiger charge is -2.11. The number of nitrogens with zero attached hydrogens (tertiary/aromatic N) is 1. The lowest BCUT2D eigenvalue weighted by atomic mass is 10.2. The smallest absolute Gasteiger partial charge is 0.330 e. The summed E-state index contributed by atoms with van der Waals surface area (Å²) in [7, 11) is 3.04. The summed E-state index contributed by atoms with van der Waals surface area (Å²) < 4.78 is 9.98. The lowest BCUT2D eigenvalue weighted by molar-refractivity contribution is -0.139. The van der Waals surface area contributed by atoms with E-state index in [9.17, 15) is 4.79 Å². The zero-order chi connectivity index (χ0) is 11.7. The summed E-state index contributed by atoms with van der Waals surface area (Å²) in [4.78, 5) is 13.3. The SMILES string of the molecule is COC(=O)C1CN1c1cc(C)ccc1OC. The summed E-state index contributed by atoms with van der Waals surface area (Å²) >= 11 is 0. The molecular weight excluding hydrogens is 206 g/mol. The molecule has 1 unspecified atom stereocenters. The first-order valence-electron chi connectivity index (χ1n) is 5.16. The van der Waals surface area contributed by atoms with E-state index in [1.54, 1.807) is 7.11 Å². The Balaban J connectivity index is 2.22. The Hall–Kier alpha value is -1.71. The summed E-state index contributed by atoms with van der Waals surface area (Å²) in [5.41, 5.74) is 2.10. The summed E-state index contributed by atoms with van der Waals surface area (Å²) in [6, 6.07) is 5.76. The van der Waals surface area contributed by atoms with Crippen molar-refractivity contribution in [1.82, 2.24) is 0 Å². The molecule has 1 fully saturated rings. The molecule has 1 aliphatic heterocycles. The van der Waals surface area contributed by atoms with Gasteiger partial charge in [-0.15, -0.1) is 0 Å². The van der Waals surface area contributed by atoms with Crippen molar-refractivity contribution in [2.45, 2.75) is 13.0 Å². The fraction of sp³-hybridized carbons (Fsp3) is 0.417. The van der Waals surface area contributed by atoms with Crippen molar-refractivity contribution in [3.63, 3.8) is 0 Å². The first kappa shape index (κ1) is 10.8. The van der Waals surface area contributed by atoms with Gasteiger partial charge in [0.2, 0.25) is 0 Å². The Bertz CT molecular complexity index is 417. The fourth-order valence-corrected chi connectivity index (χ4v) is 1.77. The van der Waals surface area contributed by atoms with Crippen LogP contribution in [0.3, 0.4) is 0 Å². The molecule has 0 spiro atoms. The van der Waals surface area contributed by atoms with E-state index in [4.69, 9.17) is 9.47 Å². The van der Waals surface area contributed by atoms with Gasteiger partial charge in [-0.1, -0.05) is 6.07 Å². The van der Waals surface area contributed by atoms with Crippen LogP contribution in [-0.4, -0.2) is 32.8 Å². The third-order valence-corrected chi connectivity index (χ3v) is 2.73. The van der Waals surface area contributed by atoms with E-state index in [1.165, 1.54) is 7.11 Å². The van der Waals surface area contributed by atoms with E-state index in [0.29, 0.717) is 6.54 Å². The number of ether oxygens (including phenoxy) is 2. The Kier molecular flexibility index (Phi) is 2.73. The monoisotopic (exact) mass is 221 g/mol. The minimum absolute atomic E-state index is 0.152. The number of rotatable bonds is 3. The second-order valence-electron chi connectivity index (χ2n) is 3.87. The molecule has 16 heavy (non-hydrogen) atoms. The molecule has 0 aromatic heterocycles. The molecule has 1 aromatic rings. The Morgan fingerprint density at radius 2 is 2.19 bits per heavy atom. The molecule has 1 aromatic carbocycles. The second-order valence-corrected chi connectivity index (χ2v) is 3.87. The van der Waals surface area contributed by atoms with E-state index in [0.717, 1.165) is 17.0 Å². The Morgan fingerprint density at radius 3 is 2.81 bits per heavy atom. The third kappa shape index (κ3) is 1.83. The summed E-state index contributed by atoms with van der Waals surface area (Å²) in [5.74, 6) is 0.598. The van der Waals surface area contributed by atoms with Crippen LogP contribution in [0, 0.1) is 6.92 Å². The van der Waals surface area contributed by atoms with Crippen LogP contribution in [-0.2, 0) is 9.53 Å². The van der Waals surface area contributed by atoms with Crippen molar-refractivity contribution in [2.24, 2.45) is 0 Å². The van der Waals surface area contributed by atoms with E-state index in [2.05, 4.69) is 0 Å². The van der Waals surface area contributed by atoms with Crippen LogP contribution in [0.15, 0.2) is 18.2 Å². The molecule has 0 radical (unpaired) electrons. The molecule has 4 nitrogen and oxygen atoms in total. The van der Waals surface area contributed by atoms with Crippen LogP contribution in [0.1, 0.15) is 5.56 Å². The fourth-order valence-electron chi connectivity index (χ4n) is 1.77. The van der Waals surface area contributed by atoms with Crippen molar-refractivity contribution in [1.29, 1.82) is 0 Å². The highest BCUT2D eigenvalue weighted by molar-refractivity contribution is 5.87. The molecule has 0 amide bonds. The molecule has 1 saturated heterocycles. The molecular formula is C12H15NO3. The number of carbonyl (C=O) groups excluding carboxylic acids is 1. The molecule has 0 saturated carbocycles. The van der Waals surface area contributed by atoms with Crippen LogP contribution in [0.2, 0.25) is 0 Å². The predicted octanol–water partition coefficient (Wildman–Crippen LogP) is 1.37. The first-order chi connectivity index (χ1) is 7.67. The van der Waals surface area contributed by atoms with Gasteiger partial charge in [0, 0.05) is 0 Å². The second kappa shape index (κ2) is 4.04. The van der Waals surface area contributed by atoms with Crippen molar-refractivity contribution in [3.8, 4) is 5.75 Å². The number of methoxy groups -OCH3 is 2. The maximum absolute atomic E-state index is 11.3. The van der Waals surface area contributed by atoms with E-state index >= 15 is 0 Å². The van der Waals surface area contributed by atoms with Gasteiger partial charge in [-0.2, -0.15) is 0 Å². The van der Waals surface area contributed by atoms with E-state index in [1.807, 2.05) is 30.0 Å². The summed E-state index contributed by atoms with van der Waals surface area (Å²) in [6.07, 6.45) is 0. The van der Waals surface area contributed by atoms with Gasteiger partial charge in [-0.25, -0.2) is 4.79 Å². The number of hydrogen-bond donors (Lipinski definition) is 0. The van der Waals surface area contributed by atoms with Gasteiger partial charge in [-0.3, -0.25) is 0 Å². The Labute approximate surface area is 94.8 Å². The van der Waals surface area contributed by atoms with Gasteiger partial charge in [0.15, 0.2) is 0 Å². The quantitative estimate of drug-likeness (QED) is 0.570. The third-order valence-electron chi connectivity index (χ3n) is 2.73. The molecule has 4 heteroatoms. The van der Waals surface area contributed by atoms with Crippen molar-refractivity contribution in [3.05, 3.63) is 23.8 Å². The average Bonchev–Trinajstić information content (AvgIpc) is 3.08. The number of anilines is 1.